The van der Waals surface area contributed by atoms with Crippen LogP contribution in [0, 0.1) is 0 Å². The van der Waals surface area contributed by atoms with E-state index in [-0.39, 0.29) is 22.6 Å². The van der Waals surface area contributed by atoms with Crippen LogP contribution in [-0.4, -0.2) is 18.0 Å². The Bertz CT molecular complexity index is 1140. The summed E-state index contributed by atoms with van der Waals surface area (Å²) in [6.45, 7) is 5.48. The van der Waals surface area contributed by atoms with Gasteiger partial charge in [-0.1, -0.05) is 43.6 Å². The summed E-state index contributed by atoms with van der Waals surface area (Å²) in [4.78, 5) is 37.1. The van der Waals surface area contributed by atoms with E-state index in [1.54, 1.807) is 12.1 Å². The number of hydrogen-bond acceptors (Lipinski definition) is 5. The number of anilines is 1. The first-order valence-corrected chi connectivity index (χ1v) is 9.48. The van der Waals surface area contributed by atoms with E-state index >= 15 is 0 Å². The van der Waals surface area contributed by atoms with Gasteiger partial charge in [-0.3, -0.25) is 9.59 Å². The van der Waals surface area contributed by atoms with Gasteiger partial charge in [-0.25, -0.2) is 4.79 Å². The molecule has 0 aliphatic carbocycles. The van der Waals surface area contributed by atoms with Gasteiger partial charge in [0.15, 0.2) is 11.5 Å². The van der Waals surface area contributed by atoms with Crippen molar-refractivity contribution in [2.45, 2.75) is 32.8 Å². The number of amides is 1. The van der Waals surface area contributed by atoms with Gasteiger partial charge in [0.05, 0.1) is 5.39 Å². The van der Waals surface area contributed by atoms with E-state index in [1.165, 1.54) is 19.1 Å². The van der Waals surface area contributed by atoms with Gasteiger partial charge in [0.25, 0.3) is 5.91 Å². The standard InChI is InChI=1S/C22H20ClNO5/c1-12(2)15-6-4-5-7-17(15)24-21(26)13(3)28-22(27)20-11-18(25)16-10-14(23)8-9-19(16)29-20/h4-13H,1-3H3,(H,24,26)/t13-/m1/s1. The number of rotatable bonds is 5. The molecule has 7 heteroatoms. The summed E-state index contributed by atoms with van der Waals surface area (Å²) in [5.74, 6) is -1.46. The SMILES string of the molecule is CC(C)c1ccccc1NC(=O)[C@@H](C)OC(=O)c1cc(=O)c2cc(Cl)ccc2o1. The second-order valence-electron chi connectivity index (χ2n) is 6.89. The largest absolute Gasteiger partial charge is 0.449 e. The molecule has 0 unspecified atom stereocenters. The maximum Gasteiger partial charge on any atom is 0.375 e. The number of carbonyl (C=O) groups excluding carboxylic acids is 2. The zero-order chi connectivity index (χ0) is 21.1. The van der Waals surface area contributed by atoms with Gasteiger partial charge in [0.1, 0.15) is 5.58 Å². The highest BCUT2D eigenvalue weighted by molar-refractivity contribution is 6.31. The molecule has 0 aliphatic heterocycles. The van der Waals surface area contributed by atoms with Gasteiger partial charge in [0.2, 0.25) is 5.76 Å². The third-order valence-electron chi connectivity index (χ3n) is 4.38. The van der Waals surface area contributed by atoms with Crippen LogP contribution in [0.1, 0.15) is 42.8 Å². The van der Waals surface area contributed by atoms with Gasteiger partial charge < -0.3 is 14.5 Å². The highest BCUT2D eigenvalue weighted by Crippen LogP contribution is 2.24. The molecular formula is C22H20ClNO5. The van der Waals surface area contributed by atoms with Crippen molar-refractivity contribution in [1.82, 2.24) is 0 Å². The Morgan fingerprint density at radius 2 is 1.79 bits per heavy atom. The normalized spacial score (nSPS) is 12.0. The second-order valence-corrected chi connectivity index (χ2v) is 7.33. The van der Waals surface area contributed by atoms with Crippen molar-refractivity contribution in [2.75, 3.05) is 5.32 Å². The van der Waals surface area contributed by atoms with Crippen LogP contribution in [0.25, 0.3) is 11.0 Å². The second kappa shape index (κ2) is 8.49. The van der Waals surface area contributed by atoms with Crippen LogP contribution in [0.3, 0.4) is 0 Å². The van der Waals surface area contributed by atoms with Crippen molar-refractivity contribution < 1.29 is 18.7 Å². The molecule has 1 heterocycles. The molecule has 0 bridgehead atoms. The Morgan fingerprint density at radius 1 is 1.07 bits per heavy atom. The predicted molar refractivity (Wildman–Crippen MR) is 112 cm³/mol. The molecule has 6 nitrogen and oxygen atoms in total. The number of carbonyl (C=O) groups is 2. The number of ether oxygens (including phenoxy) is 1. The van der Waals surface area contributed by atoms with E-state index in [4.69, 9.17) is 20.8 Å². The first kappa shape index (κ1) is 20.6. The summed E-state index contributed by atoms with van der Waals surface area (Å²) in [5, 5.41) is 3.41. The van der Waals surface area contributed by atoms with E-state index < -0.39 is 23.4 Å². The van der Waals surface area contributed by atoms with Crippen molar-refractivity contribution in [1.29, 1.82) is 0 Å². The van der Waals surface area contributed by atoms with Gasteiger partial charge >= 0.3 is 5.97 Å². The quantitative estimate of drug-likeness (QED) is 0.610. The number of halogens is 1. The highest BCUT2D eigenvalue weighted by Gasteiger charge is 2.22. The molecule has 0 fully saturated rings. The van der Waals surface area contributed by atoms with E-state index in [1.807, 2.05) is 32.0 Å². The highest BCUT2D eigenvalue weighted by atomic mass is 35.5. The fourth-order valence-electron chi connectivity index (χ4n) is 2.85. The lowest BCUT2D eigenvalue weighted by Gasteiger charge is -2.17. The van der Waals surface area contributed by atoms with Crippen LogP contribution >= 0.6 is 11.6 Å². The molecule has 1 N–H and O–H groups in total. The minimum Gasteiger partial charge on any atom is -0.449 e. The minimum absolute atomic E-state index is 0.205. The fourth-order valence-corrected chi connectivity index (χ4v) is 3.02. The van der Waals surface area contributed by atoms with E-state index in [2.05, 4.69) is 5.32 Å². The van der Waals surface area contributed by atoms with Gasteiger partial charge in [-0.05, 0) is 42.7 Å². The van der Waals surface area contributed by atoms with E-state index in [0.717, 1.165) is 11.6 Å². The van der Waals surface area contributed by atoms with Gasteiger partial charge in [-0.15, -0.1) is 0 Å². The monoisotopic (exact) mass is 413 g/mol. The summed E-state index contributed by atoms with van der Waals surface area (Å²) in [5.41, 5.74) is 1.41. The summed E-state index contributed by atoms with van der Waals surface area (Å²) in [6, 6.07) is 12.9. The van der Waals surface area contributed by atoms with Crippen LogP contribution in [0.5, 0.6) is 0 Å². The lowest BCUT2D eigenvalue weighted by Crippen LogP contribution is -2.30. The average Bonchev–Trinajstić information content (AvgIpc) is 2.68. The Kier molecular flexibility index (Phi) is 6.03. The zero-order valence-electron chi connectivity index (χ0n) is 16.2. The summed E-state index contributed by atoms with van der Waals surface area (Å²) < 4.78 is 10.6. The predicted octanol–water partition coefficient (Wildman–Crippen LogP) is 4.75. The van der Waals surface area contributed by atoms with Crippen molar-refractivity contribution in [2.24, 2.45) is 0 Å². The molecule has 1 amide bonds. The number of esters is 1. The number of hydrogen-bond donors (Lipinski definition) is 1. The first-order valence-electron chi connectivity index (χ1n) is 9.10. The average molecular weight is 414 g/mol. The molecule has 3 aromatic rings. The van der Waals surface area contributed by atoms with Gasteiger partial charge in [-0.2, -0.15) is 0 Å². The molecule has 29 heavy (non-hydrogen) atoms. The molecule has 0 spiro atoms. The molecule has 0 saturated heterocycles. The summed E-state index contributed by atoms with van der Waals surface area (Å²) >= 11 is 5.88. The molecule has 2 aromatic carbocycles. The smallest absolute Gasteiger partial charge is 0.375 e. The number of fused-ring (bicyclic) bond motifs is 1. The molecule has 1 atom stereocenters. The summed E-state index contributed by atoms with van der Waals surface area (Å²) in [6.07, 6.45) is -1.09. The number of para-hydroxylation sites is 1. The maximum atomic E-state index is 12.5. The van der Waals surface area contributed by atoms with E-state index in [0.29, 0.717) is 10.7 Å². The van der Waals surface area contributed by atoms with Crippen LogP contribution in [0.4, 0.5) is 5.69 Å². The molecule has 0 saturated carbocycles. The third-order valence-corrected chi connectivity index (χ3v) is 4.62. The molecule has 0 radical (unpaired) electrons. The van der Waals surface area contributed by atoms with Crippen LogP contribution in [0.2, 0.25) is 5.02 Å². The lowest BCUT2D eigenvalue weighted by atomic mass is 10.0. The number of benzene rings is 2. The fraction of sp³-hybridized carbons (Fsp3) is 0.227. The van der Waals surface area contributed by atoms with Crippen LogP contribution in [-0.2, 0) is 9.53 Å². The van der Waals surface area contributed by atoms with Crippen LogP contribution < -0.4 is 10.7 Å². The Hall–Kier alpha value is -3.12. The Labute approximate surface area is 172 Å². The Morgan fingerprint density at radius 3 is 2.52 bits per heavy atom. The van der Waals surface area contributed by atoms with Crippen molar-refractivity contribution >= 4 is 40.1 Å². The number of nitrogens with one attached hydrogen (secondary N) is 1. The minimum atomic E-state index is -1.09. The molecule has 150 valence electrons. The van der Waals surface area contributed by atoms with Crippen molar-refractivity contribution in [3.63, 3.8) is 0 Å². The molecular weight excluding hydrogens is 394 g/mol. The van der Waals surface area contributed by atoms with E-state index in [9.17, 15) is 14.4 Å². The Balaban J connectivity index is 1.75. The first-order chi connectivity index (χ1) is 13.8. The topological polar surface area (TPSA) is 85.6 Å². The zero-order valence-corrected chi connectivity index (χ0v) is 16.9. The molecule has 3 rings (SSSR count). The molecule has 1 aromatic heterocycles. The molecule has 0 aliphatic rings. The van der Waals surface area contributed by atoms with Crippen LogP contribution in [0.15, 0.2) is 57.7 Å². The van der Waals surface area contributed by atoms with Gasteiger partial charge in [0, 0.05) is 16.8 Å². The van der Waals surface area contributed by atoms with Crippen molar-refractivity contribution in [3.8, 4) is 0 Å². The third kappa shape index (κ3) is 4.66. The summed E-state index contributed by atoms with van der Waals surface area (Å²) in [7, 11) is 0. The maximum absolute atomic E-state index is 12.5. The lowest BCUT2D eigenvalue weighted by molar-refractivity contribution is -0.123. The van der Waals surface area contributed by atoms with Crippen molar-refractivity contribution in [3.05, 3.63) is 75.1 Å².